The second kappa shape index (κ2) is 6.69. The van der Waals surface area contributed by atoms with Crippen LogP contribution in [0.3, 0.4) is 0 Å². The summed E-state index contributed by atoms with van der Waals surface area (Å²) < 4.78 is 11.4. The van der Waals surface area contributed by atoms with E-state index in [1.165, 1.54) is 44.1 Å². The molecule has 21 heavy (non-hydrogen) atoms. The molecule has 0 spiro atoms. The van der Waals surface area contributed by atoms with Gasteiger partial charge in [0.2, 0.25) is 0 Å². The molecule has 0 aromatic heterocycles. The summed E-state index contributed by atoms with van der Waals surface area (Å²) in [7, 11) is 0. The summed E-state index contributed by atoms with van der Waals surface area (Å²) in [5, 5.41) is 3.65. The lowest BCUT2D eigenvalue weighted by atomic mass is 9.69. The SMILES string of the molecule is CCCNCC1(c2ccc3c(c2)OCCO3)CCCCC1. The fourth-order valence-electron chi connectivity index (χ4n) is 3.67. The topological polar surface area (TPSA) is 30.5 Å². The molecule has 0 bridgehead atoms. The molecule has 1 aromatic carbocycles. The highest BCUT2D eigenvalue weighted by molar-refractivity contribution is 5.46. The minimum absolute atomic E-state index is 0.281. The molecule has 3 nitrogen and oxygen atoms in total. The molecular weight excluding hydrogens is 262 g/mol. The molecule has 1 aliphatic heterocycles. The van der Waals surface area contributed by atoms with Gasteiger partial charge in [0.25, 0.3) is 0 Å². The summed E-state index contributed by atoms with van der Waals surface area (Å²) >= 11 is 0. The first kappa shape index (κ1) is 14.7. The van der Waals surface area contributed by atoms with Crippen LogP contribution in [-0.2, 0) is 5.41 Å². The van der Waals surface area contributed by atoms with Crippen molar-refractivity contribution in [3.8, 4) is 11.5 Å². The van der Waals surface area contributed by atoms with Crippen LogP contribution >= 0.6 is 0 Å². The van der Waals surface area contributed by atoms with Crippen molar-refractivity contribution in [1.29, 1.82) is 0 Å². The van der Waals surface area contributed by atoms with Crippen LogP contribution in [0.1, 0.15) is 51.0 Å². The molecule has 1 N–H and O–H groups in total. The van der Waals surface area contributed by atoms with Crippen LogP contribution in [0.25, 0.3) is 0 Å². The normalized spacial score (nSPS) is 20.2. The molecule has 1 saturated carbocycles. The van der Waals surface area contributed by atoms with Gasteiger partial charge in [0.1, 0.15) is 13.2 Å². The maximum Gasteiger partial charge on any atom is 0.161 e. The van der Waals surface area contributed by atoms with Crippen LogP contribution in [0, 0.1) is 0 Å². The first-order valence-corrected chi connectivity index (χ1v) is 8.45. The first-order chi connectivity index (χ1) is 10.3. The van der Waals surface area contributed by atoms with Crippen LogP contribution in [-0.4, -0.2) is 26.3 Å². The Labute approximate surface area is 128 Å². The van der Waals surface area contributed by atoms with E-state index in [-0.39, 0.29) is 5.41 Å². The van der Waals surface area contributed by atoms with E-state index in [1.807, 2.05) is 0 Å². The Hall–Kier alpha value is -1.22. The summed E-state index contributed by atoms with van der Waals surface area (Å²) in [4.78, 5) is 0. The Morgan fingerprint density at radius 2 is 1.81 bits per heavy atom. The molecule has 0 unspecified atom stereocenters. The Morgan fingerprint density at radius 3 is 2.57 bits per heavy atom. The minimum Gasteiger partial charge on any atom is -0.486 e. The van der Waals surface area contributed by atoms with Crippen molar-refractivity contribution in [2.75, 3.05) is 26.3 Å². The number of fused-ring (bicyclic) bond motifs is 1. The van der Waals surface area contributed by atoms with E-state index in [1.54, 1.807) is 0 Å². The van der Waals surface area contributed by atoms with Gasteiger partial charge in [0.05, 0.1) is 0 Å². The Balaban J connectivity index is 1.84. The molecule has 0 saturated heterocycles. The van der Waals surface area contributed by atoms with Gasteiger partial charge < -0.3 is 14.8 Å². The predicted molar refractivity (Wildman–Crippen MR) is 85.4 cm³/mol. The average molecular weight is 289 g/mol. The monoisotopic (exact) mass is 289 g/mol. The zero-order valence-corrected chi connectivity index (χ0v) is 13.1. The molecule has 3 heteroatoms. The summed E-state index contributed by atoms with van der Waals surface area (Å²) in [5.41, 5.74) is 1.71. The minimum atomic E-state index is 0.281. The summed E-state index contributed by atoms with van der Waals surface area (Å²) in [5.74, 6) is 1.83. The highest BCUT2D eigenvalue weighted by Crippen LogP contribution is 2.42. The number of rotatable bonds is 5. The molecule has 1 aromatic rings. The number of hydrogen-bond donors (Lipinski definition) is 1. The smallest absolute Gasteiger partial charge is 0.161 e. The number of benzene rings is 1. The first-order valence-electron chi connectivity index (χ1n) is 8.45. The van der Waals surface area contributed by atoms with Gasteiger partial charge in [0.15, 0.2) is 11.5 Å². The second-order valence-electron chi connectivity index (χ2n) is 6.38. The highest BCUT2D eigenvalue weighted by atomic mass is 16.6. The maximum atomic E-state index is 5.78. The van der Waals surface area contributed by atoms with Gasteiger partial charge in [-0.15, -0.1) is 0 Å². The third-order valence-electron chi connectivity index (χ3n) is 4.86. The van der Waals surface area contributed by atoms with Crippen molar-refractivity contribution in [2.24, 2.45) is 0 Å². The lowest BCUT2D eigenvalue weighted by Crippen LogP contribution is -2.40. The van der Waals surface area contributed by atoms with E-state index in [0.29, 0.717) is 13.2 Å². The highest BCUT2D eigenvalue weighted by Gasteiger charge is 2.34. The molecule has 116 valence electrons. The predicted octanol–water partition coefficient (Wildman–Crippen LogP) is 3.66. The van der Waals surface area contributed by atoms with E-state index >= 15 is 0 Å². The zero-order valence-electron chi connectivity index (χ0n) is 13.1. The quantitative estimate of drug-likeness (QED) is 0.839. The van der Waals surface area contributed by atoms with Gasteiger partial charge in [-0.3, -0.25) is 0 Å². The summed E-state index contributed by atoms with van der Waals surface area (Å²) in [6.45, 7) is 5.74. The van der Waals surface area contributed by atoms with Gasteiger partial charge in [-0.1, -0.05) is 32.3 Å². The molecule has 1 aliphatic carbocycles. The maximum absolute atomic E-state index is 5.78. The Kier molecular flexibility index (Phi) is 4.69. The molecule has 0 atom stereocenters. The number of ether oxygens (including phenoxy) is 2. The zero-order chi connectivity index (χ0) is 14.5. The third-order valence-corrected chi connectivity index (χ3v) is 4.86. The molecule has 1 fully saturated rings. The van der Waals surface area contributed by atoms with Gasteiger partial charge in [0, 0.05) is 12.0 Å². The van der Waals surface area contributed by atoms with Crippen molar-refractivity contribution in [2.45, 2.75) is 50.9 Å². The van der Waals surface area contributed by atoms with E-state index < -0.39 is 0 Å². The number of nitrogens with one attached hydrogen (secondary N) is 1. The van der Waals surface area contributed by atoms with Gasteiger partial charge >= 0.3 is 0 Å². The van der Waals surface area contributed by atoms with Crippen molar-refractivity contribution in [3.05, 3.63) is 23.8 Å². The van der Waals surface area contributed by atoms with Crippen molar-refractivity contribution < 1.29 is 9.47 Å². The second-order valence-corrected chi connectivity index (χ2v) is 6.38. The van der Waals surface area contributed by atoms with Crippen LogP contribution in [0.5, 0.6) is 11.5 Å². The largest absolute Gasteiger partial charge is 0.486 e. The molecule has 0 amide bonds. The molecule has 2 aliphatic rings. The number of hydrogen-bond acceptors (Lipinski definition) is 3. The fraction of sp³-hybridized carbons (Fsp3) is 0.667. The molecule has 0 radical (unpaired) electrons. The van der Waals surface area contributed by atoms with Crippen LogP contribution in [0.4, 0.5) is 0 Å². The van der Waals surface area contributed by atoms with E-state index in [4.69, 9.17) is 9.47 Å². The lowest BCUT2D eigenvalue weighted by molar-refractivity contribution is 0.170. The van der Waals surface area contributed by atoms with Crippen molar-refractivity contribution >= 4 is 0 Å². The molecule has 3 rings (SSSR count). The fourth-order valence-corrected chi connectivity index (χ4v) is 3.67. The van der Waals surface area contributed by atoms with Crippen molar-refractivity contribution in [3.63, 3.8) is 0 Å². The van der Waals surface area contributed by atoms with E-state index in [9.17, 15) is 0 Å². The van der Waals surface area contributed by atoms with Crippen LogP contribution < -0.4 is 14.8 Å². The van der Waals surface area contributed by atoms with Gasteiger partial charge in [-0.05, 0) is 43.5 Å². The van der Waals surface area contributed by atoms with Crippen LogP contribution in [0.15, 0.2) is 18.2 Å². The average Bonchev–Trinajstić information content (AvgIpc) is 2.55. The molecular formula is C18H27NO2. The van der Waals surface area contributed by atoms with Gasteiger partial charge in [-0.25, -0.2) is 0 Å². The Morgan fingerprint density at radius 1 is 1.05 bits per heavy atom. The molecule has 1 heterocycles. The Bertz CT molecular complexity index is 466. The van der Waals surface area contributed by atoms with Crippen molar-refractivity contribution in [1.82, 2.24) is 5.32 Å². The summed E-state index contributed by atoms with van der Waals surface area (Å²) in [6, 6.07) is 6.58. The third kappa shape index (κ3) is 3.18. The van der Waals surface area contributed by atoms with Crippen LogP contribution in [0.2, 0.25) is 0 Å². The van der Waals surface area contributed by atoms with E-state index in [2.05, 4.69) is 30.4 Å². The lowest BCUT2D eigenvalue weighted by Gasteiger charge is -2.38. The standard InChI is InChI=1S/C18H27NO2/c1-2-10-19-14-18(8-4-3-5-9-18)15-6-7-16-17(13-15)21-12-11-20-16/h6-7,13,19H,2-5,8-12,14H2,1H3. The van der Waals surface area contributed by atoms with E-state index in [0.717, 1.165) is 24.6 Å². The summed E-state index contributed by atoms with van der Waals surface area (Å²) in [6.07, 6.45) is 7.80. The van der Waals surface area contributed by atoms with Gasteiger partial charge in [-0.2, -0.15) is 0 Å².